The number of Topliss-reactive ketones (excluding diaryl/α,β-unsaturated/α-hetero) is 1. The quantitative estimate of drug-likeness (QED) is 0.660. The average Bonchev–Trinajstić information content (AvgIpc) is 2.69. The van der Waals surface area contributed by atoms with Gasteiger partial charge in [-0.15, -0.1) is 0 Å². The first kappa shape index (κ1) is 18.2. The molecule has 0 spiro atoms. The summed E-state index contributed by atoms with van der Waals surface area (Å²) in [6.07, 6.45) is 2.88. The van der Waals surface area contributed by atoms with Crippen LogP contribution >= 0.6 is 0 Å². The van der Waals surface area contributed by atoms with Crippen LogP contribution in [0.25, 0.3) is 11.4 Å². The molecule has 0 radical (unpaired) electrons. The van der Waals surface area contributed by atoms with Crippen molar-refractivity contribution in [1.82, 2.24) is 19.5 Å². The van der Waals surface area contributed by atoms with Crippen LogP contribution in [0.4, 0.5) is 10.3 Å². The molecule has 9 heteroatoms. The molecule has 8 nitrogen and oxygen atoms in total. The molecular weight excluding hydrogens is 353 g/mol. The van der Waals surface area contributed by atoms with Crippen molar-refractivity contribution in [3.05, 3.63) is 64.6 Å². The Kier molecular flexibility index (Phi) is 5.20. The Morgan fingerprint density at radius 1 is 1.26 bits per heavy atom. The molecule has 0 amide bonds. The molecule has 0 saturated heterocycles. The lowest BCUT2D eigenvalue weighted by Crippen LogP contribution is -2.25. The number of anilines is 1. The van der Waals surface area contributed by atoms with Gasteiger partial charge in [-0.25, -0.2) is 19.3 Å². The van der Waals surface area contributed by atoms with Crippen LogP contribution < -0.4 is 15.6 Å². The van der Waals surface area contributed by atoms with Crippen LogP contribution in [0.1, 0.15) is 10.4 Å². The first-order chi connectivity index (χ1) is 13.0. The van der Waals surface area contributed by atoms with Gasteiger partial charge in [0.25, 0.3) is 5.56 Å². The highest BCUT2D eigenvalue weighted by molar-refractivity contribution is 6.01. The number of hydrogen-bond acceptors (Lipinski definition) is 7. The highest BCUT2D eigenvalue weighted by atomic mass is 19.1. The van der Waals surface area contributed by atoms with Gasteiger partial charge in [0.05, 0.1) is 30.6 Å². The maximum atomic E-state index is 13.5. The molecule has 2 aromatic heterocycles. The van der Waals surface area contributed by atoms with Crippen molar-refractivity contribution in [2.75, 3.05) is 19.0 Å². The minimum absolute atomic E-state index is 0.0990. The SMILES string of the molecule is COc1ccc(F)cc1C(=O)CNc1nc(-c2ccncn2)cc(=O)n1C. The van der Waals surface area contributed by atoms with Gasteiger partial charge in [0.15, 0.2) is 5.78 Å². The smallest absolute Gasteiger partial charge is 0.255 e. The normalized spacial score (nSPS) is 10.5. The molecule has 138 valence electrons. The zero-order valence-electron chi connectivity index (χ0n) is 14.6. The van der Waals surface area contributed by atoms with Crippen molar-refractivity contribution < 1.29 is 13.9 Å². The van der Waals surface area contributed by atoms with E-state index >= 15 is 0 Å². The van der Waals surface area contributed by atoms with Crippen LogP contribution in [0.3, 0.4) is 0 Å². The van der Waals surface area contributed by atoms with E-state index in [0.29, 0.717) is 11.4 Å². The van der Waals surface area contributed by atoms with Crippen LogP contribution in [0.2, 0.25) is 0 Å². The Bertz CT molecular complexity index is 1040. The third-order valence-corrected chi connectivity index (χ3v) is 3.85. The molecule has 0 aliphatic carbocycles. The van der Waals surface area contributed by atoms with Crippen molar-refractivity contribution in [1.29, 1.82) is 0 Å². The van der Waals surface area contributed by atoms with Gasteiger partial charge in [0.1, 0.15) is 17.9 Å². The lowest BCUT2D eigenvalue weighted by molar-refractivity contribution is 0.100. The van der Waals surface area contributed by atoms with E-state index in [1.807, 2.05) is 0 Å². The fraction of sp³-hybridized carbons (Fsp3) is 0.167. The molecule has 1 N–H and O–H groups in total. The molecule has 1 aromatic carbocycles. The number of ether oxygens (including phenoxy) is 1. The summed E-state index contributed by atoms with van der Waals surface area (Å²) in [5.74, 6) is -0.511. The summed E-state index contributed by atoms with van der Waals surface area (Å²) in [5, 5.41) is 2.81. The molecule has 0 atom stereocenters. The lowest BCUT2D eigenvalue weighted by atomic mass is 10.1. The molecule has 0 saturated carbocycles. The van der Waals surface area contributed by atoms with E-state index in [1.54, 1.807) is 6.07 Å². The van der Waals surface area contributed by atoms with E-state index in [4.69, 9.17) is 4.74 Å². The molecule has 3 aromatic rings. The lowest BCUT2D eigenvalue weighted by Gasteiger charge is -2.12. The fourth-order valence-electron chi connectivity index (χ4n) is 2.42. The molecule has 0 aliphatic heterocycles. The summed E-state index contributed by atoms with van der Waals surface area (Å²) in [6.45, 7) is -0.201. The van der Waals surface area contributed by atoms with Crippen molar-refractivity contribution in [2.24, 2.45) is 7.05 Å². The van der Waals surface area contributed by atoms with Crippen LogP contribution in [-0.2, 0) is 7.05 Å². The molecule has 3 rings (SSSR count). The van der Waals surface area contributed by atoms with Gasteiger partial charge in [-0.1, -0.05) is 0 Å². The Hall–Kier alpha value is -3.62. The summed E-state index contributed by atoms with van der Waals surface area (Å²) < 4.78 is 19.8. The van der Waals surface area contributed by atoms with Gasteiger partial charge in [0, 0.05) is 19.3 Å². The summed E-state index contributed by atoms with van der Waals surface area (Å²) >= 11 is 0. The number of halogens is 1. The number of carbonyl (C=O) groups is 1. The second kappa shape index (κ2) is 7.73. The predicted octanol–water partition coefficient (Wildman–Crippen LogP) is 1.68. The third-order valence-electron chi connectivity index (χ3n) is 3.85. The summed E-state index contributed by atoms with van der Waals surface area (Å²) in [4.78, 5) is 36.9. The molecule has 2 heterocycles. The number of benzene rings is 1. The first-order valence-corrected chi connectivity index (χ1v) is 7.94. The number of ketones is 1. The van der Waals surface area contributed by atoms with E-state index in [1.165, 1.54) is 49.4 Å². The summed E-state index contributed by atoms with van der Waals surface area (Å²) in [6, 6.07) is 6.65. The largest absolute Gasteiger partial charge is 0.496 e. The van der Waals surface area contributed by atoms with Gasteiger partial charge in [-0.3, -0.25) is 14.2 Å². The monoisotopic (exact) mass is 369 g/mol. The van der Waals surface area contributed by atoms with E-state index in [-0.39, 0.29) is 29.4 Å². The van der Waals surface area contributed by atoms with Crippen molar-refractivity contribution >= 4 is 11.7 Å². The van der Waals surface area contributed by atoms with Gasteiger partial charge in [-0.05, 0) is 24.3 Å². The number of nitrogens with zero attached hydrogens (tertiary/aromatic N) is 4. The Labute approximate surface area is 153 Å². The van der Waals surface area contributed by atoms with Gasteiger partial charge < -0.3 is 10.1 Å². The minimum atomic E-state index is -0.546. The van der Waals surface area contributed by atoms with E-state index < -0.39 is 11.6 Å². The molecular formula is C18H16FN5O3. The highest BCUT2D eigenvalue weighted by Crippen LogP contribution is 2.20. The van der Waals surface area contributed by atoms with Crippen LogP contribution in [0, 0.1) is 5.82 Å². The Morgan fingerprint density at radius 2 is 2.07 bits per heavy atom. The third kappa shape index (κ3) is 3.97. The average molecular weight is 369 g/mol. The first-order valence-electron chi connectivity index (χ1n) is 7.94. The molecule has 0 fully saturated rings. The topological polar surface area (TPSA) is 99.0 Å². The van der Waals surface area contributed by atoms with Gasteiger partial charge >= 0.3 is 0 Å². The minimum Gasteiger partial charge on any atom is -0.496 e. The summed E-state index contributed by atoms with van der Waals surface area (Å²) in [7, 11) is 2.92. The van der Waals surface area contributed by atoms with Crippen LogP contribution in [-0.4, -0.2) is 39.0 Å². The van der Waals surface area contributed by atoms with Gasteiger partial charge in [0.2, 0.25) is 5.95 Å². The number of rotatable bonds is 6. The molecule has 0 unspecified atom stereocenters. The number of hydrogen-bond donors (Lipinski definition) is 1. The number of carbonyl (C=O) groups excluding carboxylic acids is 1. The van der Waals surface area contributed by atoms with Crippen molar-refractivity contribution in [3.8, 4) is 17.1 Å². The zero-order valence-corrected chi connectivity index (χ0v) is 14.6. The van der Waals surface area contributed by atoms with E-state index in [9.17, 15) is 14.0 Å². The maximum Gasteiger partial charge on any atom is 0.255 e. The summed E-state index contributed by atoms with van der Waals surface area (Å²) in [5.41, 5.74) is 0.599. The van der Waals surface area contributed by atoms with E-state index in [0.717, 1.165) is 6.07 Å². The Balaban J connectivity index is 1.86. The van der Waals surface area contributed by atoms with Crippen LogP contribution in [0.15, 0.2) is 47.7 Å². The Morgan fingerprint density at radius 3 is 2.78 bits per heavy atom. The number of aromatic nitrogens is 4. The maximum absolute atomic E-state index is 13.5. The highest BCUT2D eigenvalue weighted by Gasteiger charge is 2.15. The second-order valence-corrected chi connectivity index (χ2v) is 5.58. The molecule has 27 heavy (non-hydrogen) atoms. The number of methoxy groups -OCH3 is 1. The van der Waals surface area contributed by atoms with Crippen molar-refractivity contribution in [2.45, 2.75) is 0 Å². The van der Waals surface area contributed by atoms with E-state index in [2.05, 4.69) is 20.3 Å². The number of nitrogens with one attached hydrogen (secondary N) is 1. The van der Waals surface area contributed by atoms with Gasteiger partial charge in [-0.2, -0.15) is 0 Å². The standard InChI is InChI=1S/C18H16FN5O3/c1-24-17(26)8-14(13-5-6-20-10-22-13)23-18(24)21-9-15(25)12-7-11(19)3-4-16(12)27-2/h3-8,10H,9H2,1-2H3,(H,21,23). The zero-order chi connectivity index (χ0) is 19.4. The van der Waals surface area contributed by atoms with Crippen LogP contribution in [0.5, 0.6) is 5.75 Å². The fourth-order valence-corrected chi connectivity index (χ4v) is 2.42. The predicted molar refractivity (Wildman–Crippen MR) is 96.3 cm³/mol. The molecule has 0 bridgehead atoms. The second-order valence-electron chi connectivity index (χ2n) is 5.58. The van der Waals surface area contributed by atoms with Crippen molar-refractivity contribution in [3.63, 3.8) is 0 Å². The molecule has 0 aliphatic rings.